The Kier molecular flexibility index (Phi) is 3.63. The van der Waals surface area contributed by atoms with Crippen LogP contribution < -0.4 is 10.6 Å². The highest BCUT2D eigenvalue weighted by Gasteiger charge is 2.27. The zero-order valence-electron chi connectivity index (χ0n) is 10.4. The maximum Gasteiger partial charge on any atom is 0.234 e. The van der Waals surface area contributed by atoms with Crippen LogP contribution in [0.2, 0.25) is 0 Å². The van der Waals surface area contributed by atoms with Crippen molar-refractivity contribution in [3.8, 4) is 0 Å². The highest BCUT2D eigenvalue weighted by Crippen LogP contribution is 2.43. The van der Waals surface area contributed by atoms with E-state index in [0.29, 0.717) is 23.9 Å². The lowest BCUT2D eigenvalue weighted by molar-refractivity contribution is -0.120. The first-order valence-corrected chi connectivity index (χ1v) is 8.25. The van der Waals surface area contributed by atoms with Crippen LogP contribution in [0, 0.1) is 0 Å². The standard InChI is InChI=1S/C13H18N2OS2/c1-8-6-11(10-4-5-17-13(10)18-8)14-7-12(16)15-9-2-3-9/h4-5,8-9,11,14H,2-3,6-7H2,1H3,(H,15,16)/t8-,11?/m0/s1. The van der Waals surface area contributed by atoms with Gasteiger partial charge in [0.1, 0.15) is 0 Å². The van der Waals surface area contributed by atoms with Gasteiger partial charge in [0.15, 0.2) is 0 Å². The third kappa shape index (κ3) is 2.90. The SMILES string of the molecule is C[C@H]1CC(NCC(=O)NC2CC2)c2ccsc2S1. The summed E-state index contributed by atoms with van der Waals surface area (Å²) in [5, 5.41) is 9.20. The zero-order valence-corrected chi connectivity index (χ0v) is 12.1. The molecule has 1 aromatic rings. The molecule has 1 amide bonds. The summed E-state index contributed by atoms with van der Waals surface area (Å²) in [7, 11) is 0. The molecule has 18 heavy (non-hydrogen) atoms. The molecule has 1 aliphatic carbocycles. The number of fused-ring (bicyclic) bond motifs is 1. The summed E-state index contributed by atoms with van der Waals surface area (Å²) < 4.78 is 1.41. The summed E-state index contributed by atoms with van der Waals surface area (Å²) in [6, 6.07) is 2.99. The van der Waals surface area contributed by atoms with Crippen molar-refractivity contribution in [3.05, 3.63) is 17.0 Å². The lowest BCUT2D eigenvalue weighted by atomic mass is 10.0. The van der Waals surface area contributed by atoms with Gasteiger partial charge in [-0.2, -0.15) is 0 Å². The van der Waals surface area contributed by atoms with Crippen molar-refractivity contribution < 1.29 is 4.79 Å². The number of hydrogen-bond donors (Lipinski definition) is 2. The molecule has 0 bridgehead atoms. The third-order valence-corrected chi connectivity index (χ3v) is 5.71. The van der Waals surface area contributed by atoms with Crippen LogP contribution in [0.3, 0.4) is 0 Å². The van der Waals surface area contributed by atoms with Crippen molar-refractivity contribution in [2.24, 2.45) is 0 Å². The van der Waals surface area contributed by atoms with E-state index in [2.05, 4.69) is 29.0 Å². The number of carbonyl (C=O) groups excluding carboxylic acids is 1. The molecule has 3 rings (SSSR count). The number of nitrogens with one attached hydrogen (secondary N) is 2. The molecule has 1 aliphatic heterocycles. The van der Waals surface area contributed by atoms with E-state index in [-0.39, 0.29) is 5.91 Å². The van der Waals surface area contributed by atoms with Gasteiger partial charge in [-0.1, -0.05) is 6.92 Å². The quantitative estimate of drug-likeness (QED) is 0.891. The average Bonchev–Trinajstić information content (AvgIpc) is 3.01. The van der Waals surface area contributed by atoms with Gasteiger partial charge in [0.05, 0.1) is 10.8 Å². The number of hydrogen-bond acceptors (Lipinski definition) is 4. The van der Waals surface area contributed by atoms with Crippen molar-refractivity contribution >= 4 is 29.0 Å². The number of thiophene rings is 1. The van der Waals surface area contributed by atoms with Crippen molar-refractivity contribution in [1.82, 2.24) is 10.6 Å². The summed E-state index contributed by atoms with van der Waals surface area (Å²) >= 11 is 3.77. The monoisotopic (exact) mass is 282 g/mol. The maximum absolute atomic E-state index is 11.7. The van der Waals surface area contributed by atoms with Gasteiger partial charge >= 0.3 is 0 Å². The first-order valence-electron chi connectivity index (χ1n) is 6.49. The van der Waals surface area contributed by atoms with Crippen LogP contribution in [0.4, 0.5) is 0 Å². The summed E-state index contributed by atoms with van der Waals surface area (Å²) in [4.78, 5) is 11.7. The predicted molar refractivity (Wildman–Crippen MR) is 76.2 cm³/mol. The van der Waals surface area contributed by atoms with Gasteiger partial charge in [-0.25, -0.2) is 0 Å². The fraction of sp³-hybridized carbons (Fsp3) is 0.615. The van der Waals surface area contributed by atoms with E-state index in [1.165, 1.54) is 9.77 Å². The Morgan fingerprint density at radius 3 is 3.11 bits per heavy atom. The highest BCUT2D eigenvalue weighted by atomic mass is 32.2. The molecular weight excluding hydrogens is 264 g/mol. The number of thioether (sulfide) groups is 1. The Hall–Kier alpha value is -0.520. The van der Waals surface area contributed by atoms with E-state index in [1.54, 1.807) is 0 Å². The smallest absolute Gasteiger partial charge is 0.234 e. The summed E-state index contributed by atoms with van der Waals surface area (Å²) in [6.07, 6.45) is 3.40. The van der Waals surface area contributed by atoms with Gasteiger partial charge < -0.3 is 10.6 Å². The summed E-state index contributed by atoms with van der Waals surface area (Å²) in [6.45, 7) is 2.69. The van der Waals surface area contributed by atoms with E-state index < -0.39 is 0 Å². The Morgan fingerprint density at radius 1 is 1.50 bits per heavy atom. The van der Waals surface area contributed by atoms with Crippen LogP contribution in [-0.2, 0) is 4.79 Å². The lowest BCUT2D eigenvalue weighted by Gasteiger charge is -2.27. The van der Waals surface area contributed by atoms with Crippen molar-refractivity contribution in [1.29, 1.82) is 0 Å². The van der Waals surface area contributed by atoms with Crippen LogP contribution in [-0.4, -0.2) is 23.7 Å². The molecule has 2 aliphatic rings. The number of amides is 1. The molecule has 0 radical (unpaired) electrons. The van der Waals surface area contributed by atoms with Crippen molar-refractivity contribution in [2.45, 2.75) is 47.7 Å². The van der Waals surface area contributed by atoms with Crippen LogP contribution in [0.1, 0.15) is 37.8 Å². The van der Waals surface area contributed by atoms with Crippen molar-refractivity contribution in [2.75, 3.05) is 6.54 Å². The van der Waals surface area contributed by atoms with Gasteiger partial charge in [-0.05, 0) is 36.3 Å². The average molecular weight is 282 g/mol. The normalized spacial score (nSPS) is 26.7. The van der Waals surface area contributed by atoms with Gasteiger partial charge in [-0.3, -0.25) is 4.79 Å². The zero-order chi connectivity index (χ0) is 12.5. The van der Waals surface area contributed by atoms with E-state index in [1.807, 2.05) is 23.1 Å². The van der Waals surface area contributed by atoms with E-state index in [4.69, 9.17) is 0 Å². The molecule has 1 saturated carbocycles. The highest BCUT2D eigenvalue weighted by molar-refractivity contribution is 8.01. The lowest BCUT2D eigenvalue weighted by Crippen LogP contribution is -2.38. The molecule has 2 atom stereocenters. The van der Waals surface area contributed by atoms with Gasteiger partial charge in [0, 0.05) is 17.3 Å². The Bertz CT molecular complexity index is 442. The minimum atomic E-state index is 0.139. The molecule has 2 N–H and O–H groups in total. The van der Waals surface area contributed by atoms with Crippen LogP contribution in [0.25, 0.3) is 0 Å². The van der Waals surface area contributed by atoms with E-state index in [0.717, 1.165) is 19.3 Å². The van der Waals surface area contributed by atoms with Gasteiger partial charge in [0.2, 0.25) is 5.91 Å². The first kappa shape index (κ1) is 12.5. The molecule has 5 heteroatoms. The Labute approximate surface area is 116 Å². The minimum absolute atomic E-state index is 0.139. The third-order valence-electron chi connectivity index (χ3n) is 3.36. The van der Waals surface area contributed by atoms with E-state index >= 15 is 0 Å². The van der Waals surface area contributed by atoms with Crippen LogP contribution >= 0.6 is 23.1 Å². The molecule has 3 nitrogen and oxygen atoms in total. The second-order valence-electron chi connectivity index (χ2n) is 5.10. The molecule has 0 saturated heterocycles. The summed E-state index contributed by atoms with van der Waals surface area (Å²) in [5.74, 6) is 0.139. The maximum atomic E-state index is 11.7. The number of carbonyl (C=O) groups is 1. The molecule has 1 unspecified atom stereocenters. The topological polar surface area (TPSA) is 41.1 Å². The molecule has 0 aromatic carbocycles. The second kappa shape index (κ2) is 5.23. The van der Waals surface area contributed by atoms with Crippen molar-refractivity contribution in [3.63, 3.8) is 0 Å². The second-order valence-corrected chi connectivity index (χ2v) is 7.73. The number of rotatable bonds is 4. The van der Waals surface area contributed by atoms with Gasteiger partial charge in [0.25, 0.3) is 0 Å². The summed E-state index contributed by atoms with van der Waals surface area (Å²) in [5.41, 5.74) is 1.38. The molecular formula is C13H18N2OS2. The first-order chi connectivity index (χ1) is 8.72. The largest absolute Gasteiger partial charge is 0.352 e. The van der Waals surface area contributed by atoms with E-state index in [9.17, 15) is 4.79 Å². The predicted octanol–water partition coefficient (Wildman–Crippen LogP) is 2.54. The Morgan fingerprint density at radius 2 is 2.33 bits per heavy atom. The molecule has 1 fully saturated rings. The molecule has 1 aromatic heterocycles. The van der Waals surface area contributed by atoms with Crippen LogP contribution in [0.15, 0.2) is 15.7 Å². The molecule has 98 valence electrons. The Balaban J connectivity index is 1.57. The molecule has 0 spiro atoms. The minimum Gasteiger partial charge on any atom is -0.352 e. The fourth-order valence-corrected chi connectivity index (χ4v) is 4.83. The molecule has 2 heterocycles. The van der Waals surface area contributed by atoms with Gasteiger partial charge in [-0.15, -0.1) is 23.1 Å². The fourth-order valence-electron chi connectivity index (χ4n) is 2.26. The van der Waals surface area contributed by atoms with Crippen LogP contribution in [0.5, 0.6) is 0 Å².